The summed E-state index contributed by atoms with van der Waals surface area (Å²) in [6.45, 7) is 0. The van der Waals surface area contributed by atoms with Gasteiger partial charge >= 0.3 is 0 Å². The zero-order chi connectivity index (χ0) is 18.2. The monoisotopic (exact) mass is 361 g/mol. The summed E-state index contributed by atoms with van der Waals surface area (Å²) >= 11 is 5.75. The molecule has 3 N–H and O–H groups in total. The smallest absolute Gasteiger partial charge is 0.249 e. The van der Waals surface area contributed by atoms with Crippen molar-refractivity contribution in [3.63, 3.8) is 0 Å². The number of carbonyl (C=O) groups excluding carboxylic acids is 2. The first kappa shape index (κ1) is 18.3. The number of methoxy groups -OCH3 is 1. The first-order valence-electron chi connectivity index (χ1n) is 7.23. The minimum atomic E-state index is -0.593. The average Bonchev–Trinajstić information content (AvgIpc) is 2.58. The number of hydrazone groups is 1. The number of carbonyl (C=O) groups is 2. The lowest BCUT2D eigenvalue weighted by Crippen LogP contribution is -2.24. The van der Waals surface area contributed by atoms with Crippen molar-refractivity contribution in [1.82, 2.24) is 5.43 Å². The van der Waals surface area contributed by atoms with Gasteiger partial charge in [0.05, 0.1) is 13.3 Å². The molecule has 25 heavy (non-hydrogen) atoms. The van der Waals surface area contributed by atoms with Gasteiger partial charge in [0.15, 0.2) is 11.5 Å². The number of nitrogens with zero attached hydrogens (tertiary/aromatic N) is 1. The fraction of sp³-hybridized carbons (Fsp3) is 0.118. The highest BCUT2D eigenvalue weighted by Crippen LogP contribution is 2.27. The van der Waals surface area contributed by atoms with Crippen molar-refractivity contribution in [2.45, 2.75) is 6.42 Å². The summed E-state index contributed by atoms with van der Waals surface area (Å²) in [6.07, 6.45) is 0.858. The number of hydrogen-bond donors (Lipinski definition) is 3. The standard InChI is InChI=1S/C17H16ClN3O4/c1-25-14-4-2-3-11(17(14)24)10-19-21-16(23)9-15(22)20-13-7-5-12(18)6-8-13/h2-8,10,24H,9H2,1H3,(H,20,22)(H,21,23)/b19-10+. The molecule has 0 aliphatic rings. The van der Waals surface area contributed by atoms with E-state index in [1.165, 1.54) is 13.3 Å². The molecule has 0 radical (unpaired) electrons. The fourth-order valence-electron chi connectivity index (χ4n) is 1.91. The molecule has 2 amide bonds. The highest BCUT2D eigenvalue weighted by molar-refractivity contribution is 6.30. The van der Waals surface area contributed by atoms with Crippen molar-refractivity contribution >= 4 is 35.3 Å². The lowest BCUT2D eigenvalue weighted by Gasteiger charge is -2.05. The second kappa shape index (κ2) is 8.70. The molecule has 7 nitrogen and oxygen atoms in total. The Morgan fingerprint density at radius 3 is 2.60 bits per heavy atom. The number of anilines is 1. The predicted octanol–water partition coefficient (Wildman–Crippen LogP) is 2.53. The molecule has 2 aromatic carbocycles. The Balaban J connectivity index is 1.86. The topological polar surface area (TPSA) is 100 Å². The summed E-state index contributed by atoms with van der Waals surface area (Å²) in [5, 5.41) is 16.7. The van der Waals surface area contributed by atoms with Crippen molar-refractivity contribution < 1.29 is 19.4 Å². The van der Waals surface area contributed by atoms with Gasteiger partial charge in [-0.05, 0) is 36.4 Å². The van der Waals surface area contributed by atoms with Gasteiger partial charge in [-0.3, -0.25) is 9.59 Å². The number of phenolic OH excluding ortho intramolecular Hbond substituents is 1. The first-order valence-corrected chi connectivity index (χ1v) is 7.60. The molecule has 130 valence electrons. The number of benzene rings is 2. The Morgan fingerprint density at radius 2 is 1.92 bits per heavy atom. The number of rotatable bonds is 6. The molecule has 0 aromatic heterocycles. The normalized spacial score (nSPS) is 10.5. The highest BCUT2D eigenvalue weighted by atomic mass is 35.5. The van der Waals surface area contributed by atoms with E-state index in [-0.39, 0.29) is 11.5 Å². The van der Waals surface area contributed by atoms with Crippen LogP contribution >= 0.6 is 11.6 Å². The molecule has 2 rings (SSSR count). The van der Waals surface area contributed by atoms with E-state index in [2.05, 4.69) is 15.8 Å². The molecule has 0 fully saturated rings. The second-order valence-electron chi connectivity index (χ2n) is 4.92. The Labute approximate surface area is 149 Å². The van der Waals surface area contributed by atoms with Gasteiger partial charge in [0, 0.05) is 16.3 Å². The summed E-state index contributed by atoms with van der Waals surface area (Å²) < 4.78 is 4.97. The van der Waals surface area contributed by atoms with Gasteiger partial charge in [-0.2, -0.15) is 5.10 Å². The lowest BCUT2D eigenvalue weighted by molar-refractivity contribution is -0.126. The maximum absolute atomic E-state index is 11.8. The summed E-state index contributed by atoms with van der Waals surface area (Å²) in [4.78, 5) is 23.5. The molecule has 0 atom stereocenters. The van der Waals surface area contributed by atoms with Gasteiger partial charge in [0.1, 0.15) is 6.42 Å². The maximum atomic E-state index is 11.8. The second-order valence-corrected chi connectivity index (χ2v) is 5.36. The van der Waals surface area contributed by atoms with Crippen LogP contribution in [0, 0.1) is 0 Å². The van der Waals surface area contributed by atoms with E-state index in [0.717, 1.165) is 0 Å². The molecule has 0 saturated heterocycles. The zero-order valence-corrected chi connectivity index (χ0v) is 14.1. The highest BCUT2D eigenvalue weighted by Gasteiger charge is 2.09. The van der Waals surface area contributed by atoms with Crippen LogP contribution in [0.5, 0.6) is 11.5 Å². The minimum Gasteiger partial charge on any atom is -0.504 e. The molecule has 0 heterocycles. The molecule has 0 spiro atoms. The number of halogens is 1. The molecule has 0 aliphatic heterocycles. The van der Waals surface area contributed by atoms with Crippen LogP contribution in [-0.4, -0.2) is 30.2 Å². The number of phenols is 1. The van der Waals surface area contributed by atoms with Crippen LogP contribution in [0.3, 0.4) is 0 Å². The summed E-state index contributed by atoms with van der Waals surface area (Å²) in [6, 6.07) is 11.4. The zero-order valence-electron chi connectivity index (χ0n) is 13.3. The van der Waals surface area contributed by atoms with E-state index in [4.69, 9.17) is 16.3 Å². The van der Waals surface area contributed by atoms with Crippen molar-refractivity contribution in [3.8, 4) is 11.5 Å². The van der Waals surface area contributed by atoms with Crippen LogP contribution in [0.15, 0.2) is 47.6 Å². The molecule has 0 aliphatic carbocycles. The van der Waals surface area contributed by atoms with E-state index in [1.54, 1.807) is 42.5 Å². The molecule has 0 unspecified atom stereocenters. The fourth-order valence-corrected chi connectivity index (χ4v) is 2.03. The summed E-state index contributed by atoms with van der Waals surface area (Å²) in [5.41, 5.74) is 3.12. The van der Waals surface area contributed by atoms with Crippen LogP contribution in [0.4, 0.5) is 5.69 Å². The number of hydrogen-bond acceptors (Lipinski definition) is 5. The molecule has 0 saturated carbocycles. The number of ether oxygens (including phenoxy) is 1. The predicted molar refractivity (Wildman–Crippen MR) is 95.1 cm³/mol. The van der Waals surface area contributed by atoms with Crippen LogP contribution in [0.1, 0.15) is 12.0 Å². The third kappa shape index (κ3) is 5.50. The van der Waals surface area contributed by atoms with Gasteiger partial charge in [-0.1, -0.05) is 17.7 Å². The summed E-state index contributed by atoms with van der Waals surface area (Å²) in [5.74, 6) is -0.884. The van der Waals surface area contributed by atoms with Gasteiger partial charge in [-0.25, -0.2) is 5.43 Å². The van der Waals surface area contributed by atoms with Crippen molar-refractivity contribution in [1.29, 1.82) is 0 Å². The van der Waals surface area contributed by atoms with Crippen LogP contribution in [0.25, 0.3) is 0 Å². The van der Waals surface area contributed by atoms with Gasteiger partial charge < -0.3 is 15.2 Å². The van der Waals surface area contributed by atoms with Crippen molar-refractivity contribution in [2.75, 3.05) is 12.4 Å². The lowest BCUT2D eigenvalue weighted by atomic mass is 10.2. The van der Waals surface area contributed by atoms with Crippen LogP contribution in [-0.2, 0) is 9.59 Å². The first-order chi connectivity index (χ1) is 12.0. The third-order valence-electron chi connectivity index (χ3n) is 3.09. The molecule has 8 heteroatoms. The number of para-hydroxylation sites is 1. The number of nitrogens with one attached hydrogen (secondary N) is 2. The Kier molecular flexibility index (Phi) is 6.36. The van der Waals surface area contributed by atoms with E-state index in [9.17, 15) is 14.7 Å². The molecule has 0 bridgehead atoms. The van der Waals surface area contributed by atoms with Gasteiger partial charge in [-0.15, -0.1) is 0 Å². The largest absolute Gasteiger partial charge is 0.504 e. The Hall–Kier alpha value is -3.06. The third-order valence-corrected chi connectivity index (χ3v) is 3.34. The van der Waals surface area contributed by atoms with E-state index in [1.807, 2.05) is 0 Å². The number of aromatic hydroxyl groups is 1. The quantitative estimate of drug-likeness (QED) is 0.418. The van der Waals surface area contributed by atoms with Crippen molar-refractivity contribution in [2.24, 2.45) is 5.10 Å². The molecular formula is C17H16ClN3O4. The Bertz CT molecular complexity index is 791. The van der Waals surface area contributed by atoms with E-state index >= 15 is 0 Å². The Morgan fingerprint density at radius 1 is 1.20 bits per heavy atom. The maximum Gasteiger partial charge on any atom is 0.249 e. The summed E-state index contributed by atoms with van der Waals surface area (Å²) in [7, 11) is 1.43. The molecular weight excluding hydrogens is 346 g/mol. The average molecular weight is 362 g/mol. The van der Waals surface area contributed by atoms with E-state index in [0.29, 0.717) is 16.3 Å². The van der Waals surface area contributed by atoms with Crippen molar-refractivity contribution in [3.05, 3.63) is 53.1 Å². The van der Waals surface area contributed by atoms with Crippen LogP contribution < -0.4 is 15.5 Å². The van der Waals surface area contributed by atoms with Gasteiger partial charge in [0.2, 0.25) is 11.8 Å². The van der Waals surface area contributed by atoms with Crippen LogP contribution in [0.2, 0.25) is 5.02 Å². The molecule has 2 aromatic rings. The SMILES string of the molecule is COc1cccc(/C=N/NC(=O)CC(=O)Nc2ccc(Cl)cc2)c1O. The van der Waals surface area contributed by atoms with Gasteiger partial charge in [0.25, 0.3) is 0 Å². The minimum absolute atomic E-state index is 0.0940. The number of amides is 2. The van der Waals surface area contributed by atoms with E-state index < -0.39 is 18.2 Å².